The number of amides is 1. The Labute approximate surface area is 90.3 Å². The van der Waals surface area contributed by atoms with Gasteiger partial charge in [-0.25, -0.2) is 0 Å². The van der Waals surface area contributed by atoms with E-state index < -0.39 is 0 Å². The monoisotopic (exact) mass is 209 g/mol. The van der Waals surface area contributed by atoms with Gasteiger partial charge in [-0.05, 0) is 30.7 Å². The van der Waals surface area contributed by atoms with Gasteiger partial charge >= 0.3 is 0 Å². The Morgan fingerprint density at radius 1 is 1.36 bits per heavy atom. The first-order valence-electron chi connectivity index (χ1n) is 4.69. The van der Waals surface area contributed by atoms with Crippen LogP contribution in [0.15, 0.2) is 29.2 Å². The Balaban J connectivity index is 2.74. The molecule has 1 amide bonds. The summed E-state index contributed by atoms with van der Waals surface area (Å²) in [6, 6.07) is 7.26. The van der Waals surface area contributed by atoms with Crippen LogP contribution in [0.4, 0.5) is 0 Å². The molecule has 2 nitrogen and oxygen atoms in total. The van der Waals surface area contributed by atoms with Crippen LogP contribution in [0, 0.1) is 0 Å². The van der Waals surface area contributed by atoms with Gasteiger partial charge in [0.2, 0.25) is 0 Å². The van der Waals surface area contributed by atoms with Crippen molar-refractivity contribution in [1.82, 2.24) is 4.90 Å². The lowest BCUT2D eigenvalue weighted by Gasteiger charge is -2.15. The number of benzene rings is 1. The van der Waals surface area contributed by atoms with Gasteiger partial charge in [0.15, 0.2) is 0 Å². The Morgan fingerprint density at radius 3 is 2.43 bits per heavy atom. The van der Waals surface area contributed by atoms with Crippen LogP contribution in [0.1, 0.15) is 23.7 Å². The smallest absolute Gasteiger partial charge is 0.253 e. The van der Waals surface area contributed by atoms with Crippen LogP contribution in [0.3, 0.4) is 0 Å². The SMILES string of the molecule is CCCN(C)C(=O)c1ccc(S)cc1. The average molecular weight is 209 g/mol. The van der Waals surface area contributed by atoms with Crippen molar-refractivity contribution < 1.29 is 4.79 Å². The van der Waals surface area contributed by atoms with Gasteiger partial charge in [-0.2, -0.15) is 0 Å². The molecule has 0 aliphatic rings. The summed E-state index contributed by atoms with van der Waals surface area (Å²) in [5.41, 5.74) is 0.721. The predicted octanol–water partition coefficient (Wildman–Crippen LogP) is 2.46. The molecule has 0 spiro atoms. The van der Waals surface area contributed by atoms with E-state index in [-0.39, 0.29) is 5.91 Å². The van der Waals surface area contributed by atoms with E-state index in [4.69, 9.17) is 0 Å². The lowest BCUT2D eigenvalue weighted by molar-refractivity contribution is 0.0795. The van der Waals surface area contributed by atoms with Crippen LogP contribution in [0.5, 0.6) is 0 Å². The highest BCUT2D eigenvalue weighted by Crippen LogP contribution is 2.09. The molecular formula is C11H15NOS. The number of carbonyl (C=O) groups excluding carboxylic acids is 1. The fourth-order valence-corrected chi connectivity index (χ4v) is 1.41. The van der Waals surface area contributed by atoms with Crippen molar-refractivity contribution in [3.8, 4) is 0 Å². The molecule has 1 aromatic carbocycles. The van der Waals surface area contributed by atoms with Gasteiger partial charge in [0, 0.05) is 24.1 Å². The summed E-state index contributed by atoms with van der Waals surface area (Å²) < 4.78 is 0. The van der Waals surface area contributed by atoms with Crippen molar-refractivity contribution in [3.05, 3.63) is 29.8 Å². The van der Waals surface area contributed by atoms with Crippen LogP contribution in [-0.4, -0.2) is 24.4 Å². The van der Waals surface area contributed by atoms with Gasteiger partial charge < -0.3 is 4.90 Å². The molecule has 76 valence electrons. The molecule has 0 aliphatic heterocycles. The third kappa shape index (κ3) is 2.77. The average Bonchev–Trinajstić information content (AvgIpc) is 2.18. The molecule has 0 unspecified atom stereocenters. The quantitative estimate of drug-likeness (QED) is 0.758. The first kappa shape index (κ1) is 11.1. The minimum atomic E-state index is 0.0696. The topological polar surface area (TPSA) is 20.3 Å². The Hall–Kier alpha value is -0.960. The predicted molar refractivity (Wildman–Crippen MR) is 60.9 cm³/mol. The second-order valence-corrected chi connectivity index (χ2v) is 3.79. The third-order valence-corrected chi connectivity index (χ3v) is 2.32. The fourth-order valence-electron chi connectivity index (χ4n) is 1.26. The van der Waals surface area contributed by atoms with Gasteiger partial charge in [-0.1, -0.05) is 6.92 Å². The zero-order valence-corrected chi connectivity index (χ0v) is 9.42. The lowest BCUT2D eigenvalue weighted by atomic mass is 10.2. The zero-order chi connectivity index (χ0) is 10.6. The van der Waals surface area contributed by atoms with Crippen molar-refractivity contribution in [2.24, 2.45) is 0 Å². The van der Waals surface area contributed by atoms with Gasteiger partial charge in [-0.3, -0.25) is 4.79 Å². The molecule has 0 N–H and O–H groups in total. The van der Waals surface area contributed by atoms with Crippen molar-refractivity contribution in [2.45, 2.75) is 18.2 Å². The standard InChI is InChI=1S/C11H15NOS/c1-3-8-12(2)11(13)9-4-6-10(14)7-5-9/h4-7,14H,3,8H2,1-2H3. The highest BCUT2D eigenvalue weighted by Gasteiger charge is 2.09. The van der Waals surface area contributed by atoms with E-state index in [1.54, 1.807) is 17.0 Å². The highest BCUT2D eigenvalue weighted by atomic mass is 32.1. The van der Waals surface area contributed by atoms with E-state index in [1.807, 2.05) is 19.2 Å². The maximum absolute atomic E-state index is 11.7. The van der Waals surface area contributed by atoms with E-state index in [0.717, 1.165) is 23.4 Å². The third-order valence-electron chi connectivity index (χ3n) is 2.02. The van der Waals surface area contributed by atoms with E-state index >= 15 is 0 Å². The second kappa shape index (κ2) is 5.05. The van der Waals surface area contributed by atoms with Crippen LogP contribution in [0.25, 0.3) is 0 Å². The molecule has 0 fully saturated rings. The largest absolute Gasteiger partial charge is 0.342 e. The van der Waals surface area contributed by atoms with Crippen molar-refractivity contribution in [3.63, 3.8) is 0 Å². The lowest BCUT2D eigenvalue weighted by Crippen LogP contribution is -2.27. The molecule has 0 saturated heterocycles. The molecule has 3 heteroatoms. The van der Waals surface area contributed by atoms with E-state index in [0.29, 0.717) is 0 Å². The van der Waals surface area contributed by atoms with E-state index in [9.17, 15) is 4.79 Å². The maximum Gasteiger partial charge on any atom is 0.253 e. The molecule has 0 saturated carbocycles. The summed E-state index contributed by atoms with van der Waals surface area (Å²) >= 11 is 4.17. The molecule has 1 aromatic rings. The van der Waals surface area contributed by atoms with Crippen molar-refractivity contribution in [2.75, 3.05) is 13.6 Å². The normalized spacial score (nSPS) is 9.93. The Kier molecular flexibility index (Phi) is 4.01. The van der Waals surface area contributed by atoms with Crippen LogP contribution in [-0.2, 0) is 0 Å². The minimum Gasteiger partial charge on any atom is -0.342 e. The number of rotatable bonds is 3. The van der Waals surface area contributed by atoms with Crippen LogP contribution in [0.2, 0.25) is 0 Å². The summed E-state index contributed by atoms with van der Waals surface area (Å²) in [5.74, 6) is 0.0696. The summed E-state index contributed by atoms with van der Waals surface area (Å²) in [6.07, 6.45) is 0.979. The number of hydrogen-bond donors (Lipinski definition) is 1. The van der Waals surface area contributed by atoms with Gasteiger partial charge in [0.1, 0.15) is 0 Å². The molecule has 1 rings (SSSR count). The molecule has 0 heterocycles. The second-order valence-electron chi connectivity index (χ2n) is 3.27. The summed E-state index contributed by atoms with van der Waals surface area (Å²) in [6.45, 7) is 2.85. The maximum atomic E-state index is 11.7. The van der Waals surface area contributed by atoms with Crippen LogP contribution >= 0.6 is 12.6 Å². The molecule has 0 radical (unpaired) electrons. The number of nitrogens with zero attached hydrogens (tertiary/aromatic N) is 1. The van der Waals surface area contributed by atoms with Gasteiger partial charge in [0.05, 0.1) is 0 Å². The molecular weight excluding hydrogens is 194 g/mol. The molecule has 0 bridgehead atoms. The van der Waals surface area contributed by atoms with E-state index in [1.165, 1.54) is 0 Å². The highest BCUT2D eigenvalue weighted by molar-refractivity contribution is 7.80. The molecule has 14 heavy (non-hydrogen) atoms. The van der Waals surface area contributed by atoms with Gasteiger partial charge in [0.25, 0.3) is 5.91 Å². The first-order chi connectivity index (χ1) is 6.65. The number of hydrogen-bond acceptors (Lipinski definition) is 2. The summed E-state index contributed by atoms with van der Waals surface area (Å²) in [5, 5.41) is 0. The van der Waals surface area contributed by atoms with E-state index in [2.05, 4.69) is 19.6 Å². The van der Waals surface area contributed by atoms with Crippen LogP contribution < -0.4 is 0 Å². The number of thiol groups is 1. The first-order valence-corrected chi connectivity index (χ1v) is 5.14. The summed E-state index contributed by atoms with van der Waals surface area (Å²) in [4.78, 5) is 14.4. The number of carbonyl (C=O) groups is 1. The van der Waals surface area contributed by atoms with Crippen molar-refractivity contribution >= 4 is 18.5 Å². The fraction of sp³-hybridized carbons (Fsp3) is 0.364. The Bertz CT molecular complexity index is 308. The molecule has 0 aliphatic carbocycles. The van der Waals surface area contributed by atoms with Gasteiger partial charge in [-0.15, -0.1) is 12.6 Å². The molecule has 0 atom stereocenters. The zero-order valence-electron chi connectivity index (χ0n) is 8.53. The Morgan fingerprint density at radius 2 is 1.93 bits per heavy atom. The minimum absolute atomic E-state index is 0.0696. The van der Waals surface area contributed by atoms with Crippen molar-refractivity contribution in [1.29, 1.82) is 0 Å². The summed E-state index contributed by atoms with van der Waals surface area (Å²) in [7, 11) is 1.82. The molecule has 0 aromatic heterocycles.